The number of hydrogen-bond acceptors (Lipinski definition) is 32. The number of aliphatic hydroxyl groups is 2. The highest BCUT2D eigenvalue weighted by molar-refractivity contribution is 7.60. The number of aromatic nitrogens is 8. The second-order valence-corrected chi connectivity index (χ2v) is 43.2. The van der Waals surface area contributed by atoms with Gasteiger partial charge in [0.05, 0.1) is 25.9 Å². The third-order valence-corrected chi connectivity index (χ3v) is 31.1. The second kappa shape index (κ2) is 44.4. The molecule has 0 saturated carbocycles. The van der Waals surface area contributed by atoms with Gasteiger partial charge in [-0.3, -0.25) is 46.5 Å². The first-order valence-electron chi connectivity index (χ1n) is 47.5. The van der Waals surface area contributed by atoms with Gasteiger partial charge in [-0.1, -0.05) is 76.2 Å². The van der Waals surface area contributed by atoms with E-state index < -0.39 is 106 Å². The number of imidazole rings is 2. The maximum Gasteiger partial charge on any atom is 0.478 e. The van der Waals surface area contributed by atoms with Gasteiger partial charge in [0.1, 0.15) is 74.3 Å². The molecule has 50 heteroatoms. The van der Waals surface area contributed by atoms with Crippen LogP contribution in [0.2, 0.25) is 0 Å². The van der Waals surface area contributed by atoms with E-state index in [2.05, 4.69) is 190 Å². The fourth-order valence-corrected chi connectivity index (χ4v) is 22.7. The fraction of sp³-hybridized carbons (Fsp3) is 0.438. The van der Waals surface area contributed by atoms with Crippen molar-refractivity contribution in [2.45, 2.75) is 153 Å². The number of aliphatic hydroxyl groups excluding tert-OH is 2. The smallest absolute Gasteiger partial charge is 0.478 e. The molecule has 4 aromatic heterocycles. The molecule has 6 aromatic carbocycles. The van der Waals surface area contributed by atoms with Crippen molar-refractivity contribution < 1.29 is 123 Å². The Morgan fingerprint density at radius 1 is 0.507 bits per heavy atom. The lowest BCUT2D eigenvalue weighted by molar-refractivity contribution is -0.214. The SMILES string of the molecule is CC[N+]1=c2cc3c(cc2CCC1)=C(c1ccccc1C(=O)N(C)CCCC(=O)NCCNC(=O)O[C@@H]1[C@H](O)[C@@H](COP(=O)(O)OP(=O)([O-])O)O[C@H]1n1cnc2c(N)ncnc21)c1ccc(N(C)C)cc1C3(C)C.CC[N+]1=c2cc3c(cc2CCC1)=C(c1ccccc1C(=O)N(C)CCCC(=O)NCCNC(=O)O[C@H]1[C@@H](O)[C@H](n2cnc4c(N)ncnc42)O[C@@H]1COP(=O)(O)OP(=O)([O-])O)c1ccc(N(C)C)cc1C3(C)C. The molecule has 14 N–H and O–H groups in total. The molecule has 2 aliphatic carbocycles. The Kier molecular flexibility index (Phi) is 32.8. The zero-order valence-corrected chi connectivity index (χ0v) is 86.1. The second-order valence-electron chi connectivity index (χ2n) is 37.6. The number of hydrogen-bond donors (Lipinski definition) is 12. The molecule has 0 bridgehead atoms. The molecule has 146 heavy (non-hydrogen) atoms. The summed E-state index contributed by atoms with van der Waals surface area (Å²) in [5.74, 6) is -1.03. The summed E-state index contributed by atoms with van der Waals surface area (Å²) in [6.45, 7) is 15.7. The van der Waals surface area contributed by atoms with Crippen molar-refractivity contribution >= 4 is 124 Å². The maximum absolute atomic E-state index is 14.5. The lowest BCUT2D eigenvalue weighted by atomic mass is 9.68. The summed E-state index contributed by atoms with van der Waals surface area (Å²) >= 11 is 0. The van der Waals surface area contributed by atoms with Gasteiger partial charge in [-0.05, 0) is 154 Å². The number of rotatable bonds is 36. The van der Waals surface area contributed by atoms with Crippen LogP contribution in [0, 0.1) is 0 Å². The third-order valence-electron chi connectivity index (χ3n) is 26.9. The first kappa shape index (κ1) is 108. The van der Waals surface area contributed by atoms with Crippen molar-refractivity contribution in [2.75, 3.05) is 142 Å². The van der Waals surface area contributed by atoms with E-state index in [0.717, 1.165) is 120 Å². The molecule has 8 heterocycles. The molecule has 6 aliphatic rings. The molecular weight excluding hydrogens is 1970 g/mol. The molecule has 46 nitrogen and oxygen atoms in total. The molecule has 780 valence electrons. The Hall–Kier alpha value is -12.3. The Bertz CT molecular complexity index is 7200. The monoisotopic (exact) mass is 2090 g/mol. The number of carbonyl (C=O) groups excluding carboxylic acids is 6. The number of nitrogen functional groups attached to an aromatic ring is 2. The van der Waals surface area contributed by atoms with E-state index in [-0.39, 0.29) is 121 Å². The number of alkyl carbamates (subject to hydrolysis) is 2. The molecule has 10 aromatic rings. The van der Waals surface area contributed by atoms with Gasteiger partial charge in [0, 0.05) is 164 Å². The van der Waals surface area contributed by atoms with Gasteiger partial charge in [0.2, 0.25) is 22.5 Å². The number of phosphoric acid groups is 4. The largest absolute Gasteiger partial charge is 0.756 e. The highest BCUT2D eigenvalue weighted by Crippen LogP contribution is 2.58. The average molecular weight is 2090 g/mol. The number of nitrogens with zero attached hydrogens (tertiary/aromatic N) is 14. The van der Waals surface area contributed by atoms with Crippen molar-refractivity contribution in [3.05, 3.63) is 222 Å². The summed E-state index contributed by atoms with van der Waals surface area (Å²) < 4.78 is 93.1. The highest BCUT2D eigenvalue weighted by Gasteiger charge is 2.52. The molecule has 4 unspecified atom stereocenters. The predicted octanol–water partition coefficient (Wildman–Crippen LogP) is 2.87. The number of anilines is 4. The van der Waals surface area contributed by atoms with E-state index in [1.165, 1.54) is 65.9 Å². The van der Waals surface area contributed by atoms with Gasteiger partial charge >= 0.3 is 27.8 Å². The van der Waals surface area contributed by atoms with Crippen molar-refractivity contribution in [2.24, 2.45) is 0 Å². The van der Waals surface area contributed by atoms with Gasteiger partial charge in [0.15, 0.2) is 47.6 Å². The summed E-state index contributed by atoms with van der Waals surface area (Å²) in [7, 11) is -10.7. The van der Waals surface area contributed by atoms with Crippen LogP contribution in [0.25, 0.3) is 33.5 Å². The zero-order chi connectivity index (χ0) is 105. The number of nitrogens with one attached hydrogen (secondary N) is 4. The third kappa shape index (κ3) is 23.8. The number of phosphoric ester groups is 2. The topological polar surface area (TPSA) is 618 Å². The predicted molar refractivity (Wildman–Crippen MR) is 531 cm³/mol. The minimum absolute atomic E-state index is 0.00220. The molecule has 2 fully saturated rings. The van der Waals surface area contributed by atoms with Crippen molar-refractivity contribution in [3.8, 4) is 0 Å². The van der Waals surface area contributed by atoms with E-state index in [1.807, 2.05) is 76.7 Å². The van der Waals surface area contributed by atoms with Crippen LogP contribution in [0.4, 0.5) is 32.6 Å². The summed E-state index contributed by atoms with van der Waals surface area (Å²) in [5, 5.41) is 37.6. The van der Waals surface area contributed by atoms with Gasteiger partial charge in [-0.25, -0.2) is 66.4 Å². The molecule has 2 saturated heterocycles. The molecular formula is C96H120N20O26P4. The Balaban J connectivity index is 0.000000219. The Morgan fingerprint density at radius 3 is 1.34 bits per heavy atom. The van der Waals surface area contributed by atoms with Gasteiger partial charge in [-0.15, -0.1) is 0 Å². The molecule has 4 aliphatic heterocycles. The van der Waals surface area contributed by atoms with E-state index >= 15 is 0 Å². The summed E-state index contributed by atoms with van der Waals surface area (Å²) in [6.07, 6.45) is -5.06. The lowest BCUT2D eigenvalue weighted by Crippen LogP contribution is -2.43. The van der Waals surface area contributed by atoms with Crippen LogP contribution in [-0.2, 0) is 88.1 Å². The summed E-state index contributed by atoms with van der Waals surface area (Å²) in [4.78, 5) is 172. The zero-order valence-electron chi connectivity index (χ0n) is 82.5. The van der Waals surface area contributed by atoms with Crippen molar-refractivity contribution in [1.29, 1.82) is 0 Å². The minimum Gasteiger partial charge on any atom is -0.756 e. The summed E-state index contributed by atoms with van der Waals surface area (Å²) in [5.41, 5.74) is 28.1. The maximum atomic E-state index is 14.5. The number of ether oxygens (including phenoxy) is 4. The van der Waals surface area contributed by atoms with Crippen molar-refractivity contribution in [1.82, 2.24) is 79.3 Å². The number of nitrogens with two attached hydrogens (primary N) is 2. The van der Waals surface area contributed by atoms with Crippen LogP contribution >= 0.6 is 31.3 Å². The van der Waals surface area contributed by atoms with Crippen molar-refractivity contribution in [3.63, 3.8) is 0 Å². The van der Waals surface area contributed by atoms with Gasteiger partial charge < -0.3 is 111 Å². The molecule has 12 atom stereocenters. The van der Waals surface area contributed by atoms with Crippen LogP contribution in [-0.4, -0.2) is 272 Å². The highest BCUT2D eigenvalue weighted by atomic mass is 31.3. The Morgan fingerprint density at radius 2 is 0.911 bits per heavy atom. The molecule has 6 amide bonds. The quantitative estimate of drug-likeness (QED) is 0.0153. The Labute approximate surface area is 839 Å². The van der Waals surface area contributed by atoms with Crippen LogP contribution in [0.1, 0.15) is 169 Å². The van der Waals surface area contributed by atoms with Gasteiger partial charge in [-0.2, -0.15) is 0 Å². The minimum atomic E-state index is -5.73. The number of fused-ring (bicyclic) bond motifs is 8. The molecule has 0 spiro atoms. The normalized spacial score (nSPS) is 20.5. The van der Waals surface area contributed by atoms with Crippen LogP contribution < -0.4 is 82.6 Å². The van der Waals surface area contributed by atoms with E-state index in [0.29, 0.717) is 24.0 Å². The van der Waals surface area contributed by atoms with E-state index in [9.17, 15) is 76.8 Å². The summed E-state index contributed by atoms with van der Waals surface area (Å²) in [6, 6.07) is 38.0. The van der Waals surface area contributed by atoms with Crippen LogP contribution in [0.3, 0.4) is 0 Å². The standard InChI is InChI=1S/2C48H60N10O13P2/c1-7-57-21-10-12-28-22-33-35(24-36(28)57)48(2,3)34-23-29(55(4)5)16-17-32(34)39(33)30-13-8-9-14-31(30)45(61)56(6)20-11-15-38(59)50-18-19-51-47(62)70-42-37(25-68-73(66,67)71-72(63,64)65)69-46(41(42)60)58-27-54-40-43(49)52-26-53-44(40)58;1-7-57-21-10-12-28-22-33-35(24-36(28)57)48(2,3)34-23-29(55(4)5)16-17-32(34)39(33)30-13-8-9-14-31(30)45(61)56(6)20-11-15-38(59)50-18-19-51-47(62)70-42-41(60)37(25-68-73(66,67)71-72(63,64)65)69-46(42)58-27-54-40-43(49)52-26-53-44(40)58/h2*8-9,13-14,16-17,22-24,26-27,37,41-42,46,60H,7,10-12,15,18-21,25H2,1-6H3,(H6-,49,50,51,52,53,59,62,63,64,65,66,67)/t2*37-,41-,42-,46-/m11/s1. The first-order valence-corrected chi connectivity index (χ1v) is 53.5. The molecule has 16 rings (SSSR count). The van der Waals surface area contributed by atoms with E-state index in [1.54, 1.807) is 23.9 Å². The van der Waals surface area contributed by atoms with Crippen LogP contribution in [0.5, 0.6) is 0 Å². The fourth-order valence-electron chi connectivity index (χ4n) is 19.5. The average Bonchev–Trinajstić information content (AvgIpc) is 0.942. The van der Waals surface area contributed by atoms with Gasteiger partial charge in [0.25, 0.3) is 27.5 Å². The lowest BCUT2D eigenvalue weighted by Gasteiger charge is -2.36. The van der Waals surface area contributed by atoms with E-state index in [4.69, 9.17) is 40.2 Å². The number of carbonyl (C=O) groups is 6. The number of aryl methyl sites for hydroxylation is 2. The first-order chi connectivity index (χ1) is 69.2. The number of amides is 6. The van der Waals surface area contributed by atoms with Crippen LogP contribution in [0.15, 0.2) is 135 Å². The molecule has 0 radical (unpaired) electrons. The number of benzene rings is 6.